The molecule has 1 N–H and O–H groups in total. The Hall–Kier alpha value is -3.62. The second kappa shape index (κ2) is 8.55. The van der Waals surface area contributed by atoms with Gasteiger partial charge < -0.3 is 15.1 Å². The van der Waals surface area contributed by atoms with E-state index < -0.39 is 0 Å². The minimum atomic E-state index is 0.0624. The Morgan fingerprint density at radius 1 is 1.17 bits per heavy atom. The number of aromatic nitrogens is 4. The summed E-state index contributed by atoms with van der Waals surface area (Å²) in [4.78, 5) is 28.6. The van der Waals surface area contributed by atoms with Crippen LogP contribution in [0.2, 0.25) is 0 Å². The number of hydrogen-bond donors (Lipinski definition) is 1. The molecule has 5 heterocycles. The van der Waals surface area contributed by atoms with Gasteiger partial charge in [0.05, 0.1) is 18.8 Å². The first-order valence-electron chi connectivity index (χ1n) is 12.5. The highest BCUT2D eigenvalue weighted by atomic mass is 16.2. The van der Waals surface area contributed by atoms with E-state index in [1.165, 1.54) is 22.5 Å². The molecule has 1 saturated heterocycles. The van der Waals surface area contributed by atoms with Gasteiger partial charge in [0.25, 0.3) is 0 Å². The molecule has 0 spiro atoms. The minimum Gasteiger partial charge on any atom is -0.356 e. The van der Waals surface area contributed by atoms with E-state index in [2.05, 4.69) is 38.2 Å². The van der Waals surface area contributed by atoms with Crippen LogP contribution in [-0.2, 0) is 36.0 Å². The number of nitrogens with zero attached hydrogens (tertiary/aromatic N) is 6. The Morgan fingerprint density at radius 3 is 2.83 bits per heavy atom. The molecular formula is C26H31N7O2. The van der Waals surface area contributed by atoms with Crippen molar-refractivity contribution in [3.63, 3.8) is 0 Å². The summed E-state index contributed by atoms with van der Waals surface area (Å²) in [6.45, 7) is 4.46. The van der Waals surface area contributed by atoms with E-state index in [0.29, 0.717) is 26.1 Å². The van der Waals surface area contributed by atoms with Crippen molar-refractivity contribution in [1.82, 2.24) is 29.8 Å². The lowest BCUT2D eigenvalue weighted by Gasteiger charge is -2.32. The monoisotopic (exact) mass is 473 g/mol. The van der Waals surface area contributed by atoms with Crippen molar-refractivity contribution in [1.29, 1.82) is 0 Å². The van der Waals surface area contributed by atoms with Crippen LogP contribution in [0.1, 0.15) is 49.0 Å². The average molecular weight is 474 g/mol. The highest BCUT2D eigenvalue weighted by Crippen LogP contribution is 2.40. The molecule has 6 rings (SSSR count). The maximum Gasteiger partial charge on any atom is 0.222 e. The molecule has 3 aromatic rings. The maximum atomic E-state index is 12.2. The summed E-state index contributed by atoms with van der Waals surface area (Å²) in [5.74, 6) is 1.11. The van der Waals surface area contributed by atoms with E-state index in [9.17, 15) is 9.59 Å². The number of aryl methyl sites for hydroxylation is 2. The molecule has 1 aromatic carbocycles. The number of nitrogens with one attached hydrogen (secondary N) is 1. The molecule has 3 aliphatic rings. The molecule has 0 aliphatic carbocycles. The molecule has 9 nitrogen and oxygen atoms in total. The van der Waals surface area contributed by atoms with E-state index in [1.807, 2.05) is 29.0 Å². The van der Waals surface area contributed by atoms with Crippen molar-refractivity contribution in [2.75, 3.05) is 24.5 Å². The molecule has 2 amide bonds. The zero-order chi connectivity index (χ0) is 24.1. The average Bonchev–Trinajstić information content (AvgIpc) is 3.46. The number of benzene rings is 1. The molecule has 2 aromatic heterocycles. The van der Waals surface area contributed by atoms with Crippen LogP contribution in [0.3, 0.4) is 0 Å². The van der Waals surface area contributed by atoms with Crippen LogP contribution in [0.4, 0.5) is 11.5 Å². The summed E-state index contributed by atoms with van der Waals surface area (Å²) in [6, 6.07) is 6.69. The van der Waals surface area contributed by atoms with Crippen molar-refractivity contribution in [2.24, 2.45) is 7.05 Å². The lowest BCUT2D eigenvalue weighted by Crippen LogP contribution is -2.37. The molecule has 1 fully saturated rings. The molecule has 1 unspecified atom stereocenters. The first-order chi connectivity index (χ1) is 17.0. The van der Waals surface area contributed by atoms with E-state index >= 15 is 0 Å². The van der Waals surface area contributed by atoms with Crippen molar-refractivity contribution < 1.29 is 9.59 Å². The predicted molar refractivity (Wildman–Crippen MR) is 132 cm³/mol. The Kier molecular flexibility index (Phi) is 5.35. The topological polar surface area (TPSA) is 88.3 Å². The largest absolute Gasteiger partial charge is 0.356 e. The van der Waals surface area contributed by atoms with Crippen LogP contribution in [0.15, 0.2) is 30.6 Å². The van der Waals surface area contributed by atoms with E-state index in [4.69, 9.17) is 5.10 Å². The Balaban J connectivity index is 1.42. The van der Waals surface area contributed by atoms with Crippen LogP contribution in [0.5, 0.6) is 0 Å². The zero-order valence-corrected chi connectivity index (χ0v) is 20.3. The number of amides is 2. The minimum absolute atomic E-state index is 0.0624. The van der Waals surface area contributed by atoms with Crippen molar-refractivity contribution >= 4 is 23.3 Å². The molecule has 182 valence electrons. The number of carbonyl (C=O) groups excluding carboxylic acids is 2. The second-order valence-corrected chi connectivity index (χ2v) is 9.88. The summed E-state index contributed by atoms with van der Waals surface area (Å²) in [5, 5.41) is 12.4. The van der Waals surface area contributed by atoms with Crippen LogP contribution < -0.4 is 10.2 Å². The van der Waals surface area contributed by atoms with Gasteiger partial charge in [-0.15, -0.1) is 0 Å². The fourth-order valence-electron chi connectivity index (χ4n) is 5.76. The predicted octanol–water partition coefficient (Wildman–Crippen LogP) is 2.72. The fraction of sp³-hybridized carbons (Fsp3) is 0.462. The molecular weight excluding hydrogens is 442 g/mol. The SMILES string of the molecule is CC(=O)N1CCc2c(c(N3CCCc4cc(-c5cnn(C)c5)ccc43)nn2C2CCNC(=O)C2)C1. The van der Waals surface area contributed by atoms with Gasteiger partial charge in [-0.05, 0) is 42.5 Å². The third kappa shape index (κ3) is 3.88. The summed E-state index contributed by atoms with van der Waals surface area (Å²) in [5.41, 5.74) is 7.07. The van der Waals surface area contributed by atoms with Crippen molar-refractivity contribution in [3.8, 4) is 11.1 Å². The van der Waals surface area contributed by atoms with Crippen LogP contribution in [-0.4, -0.2) is 55.9 Å². The number of hydrogen-bond acceptors (Lipinski definition) is 5. The number of carbonyl (C=O) groups is 2. The summed E-state index contributed by atoms with van der Waals surface area (Å²) in [6.07, 6.45) is 8.09. The third-order valence-corrected chi connectivity index (χ3v) is 7.57. The maximum absolute atomic E-state index is 12.2. The molecule has 0 bridgehead atoms. The first-order valence-corrected chi connectivity index (χ1v) is 12.5. The molecule has 1 atom stereocenters. The molecule has 0 radical (unpaired) electrons. The lowest BCUT2D eigenvalue weighted by molar-refractivity contribution is -0.129. The highest BCUT2D eigenvalue weighted by Gasteiger charge is 2.34. The van der Waals surface area contributed by atoms with Crippen molar-refractivity contribution in [3.05, 3.63) is 47.4 Å². The smallest absolute Gasteiger partial charge is 0.222 e. The lowest BCUT2D eigenvalue weighted by atomic mass is 9.96. The van der Waals surface area contributed by atoms with Crippen LogP contribution >= 0.6 is 0 Å². The molecule has 0 saturated carbocycles. The van der Waals surface area contributed by atoms with Crippen LogP contribution in [0.25, 0.3) is 11.1 Å². The summed E-state index contributed by atoms with van der Waals surface area (Å²) < 4.78 is 3.94. The summed E-state index contributed by atoms with van der Waals surface area (Å²) >= 11 is 0. The Bertz CT molecular complexity index is 1310. The Labute approximate surface area is 204 Å². The summed E-state index contributed by atoms with van der Waals surface area (Å²) in [7, 11) is 1.93. The van der Waals surface area contributed by atoms with Gasteiger partial charge in [-0.25, -0.2) is 0 Å². The Morgan fingerprint density at radius 2 is 2.06 bits per heavy atom. The van der Waals surface area contributed by atoms with Gasteiger partial charge in [-0.3, -0.25) is 19.0 Å². The second-order valence-electron chi connectivity index (χ2n) is 9.88. The molecule has 35 heavy (non-hydrogen) atoms. The zero-order valence-electron chi connectivity index (χ0n) is 20.3. The highest BCUT2D eigenvalue weighted by molar-refractivity contribution is 5.78. The van der Waals surface area contributed by atoms with Gasteiger partial charge in [0.2, 0.25) is 11.8 Å². The van der Waals surface area contributed by atoms with Gasteiger partial charge in [0.15, 0.2) is 5.82 Å². The van der Waals surface area contributed by atoms with Gasteiger partial charge in [0, 0.05) is 75.2 Å². The van der Waals surface area contributed by atoms with Gasteiger partial charge in [0.1, 0.15) is 0 Å². The van der Waals surface area contributed by atoms with Gasteiger partial charge in [-0.2, -0.15) is 10.2 Å². The van der Waals surface area contributed by atoms with Crippen LogP contribution in [0, 0.1) is 0 Å². The normalized spacial score (nSPS) is 19.8. The number of fused-ring (bicyclic) bond motifs is 2. The molecule has 3 aliphatic heterocycles. The van der Waals surface area contributed by atoms with E-state index in [-0.39, 0.29) is 17.9 Å². The third-order valence-electron chi connectivity index (χ3n) is 7.57. The standard InChI is InChI=1S/C26H31N7O2/c1-17(34)31-11-8-24-22(16-31)26(29-33(24)21-7-9-27-25(35)13-21)32-10-3-4-19-12-18(5-6-23(19)32)20-14-28-30(2)15-20/h5-6,12,14-15,21H,3-4,7-11,13,16H2,1-2H3,(H,27,35). The number of rotatable bonds is 3. The van der Waals surface area contributed by atoms with Crippen molar-refractivity contribution in [2.45, 2.75) is 51.6 Å². The first kappa shape index (κ1) is 21.9. The number of piperidine rings is 1. The number of anilines is 2. The van der Waals surface area contributed by atoms with E-state index in [1.54, 1.807) is 6.92 Å². The van der Waals surface area contributed by atoms with E-state index in [0.717, 1.165) is 49.2 Å². The molecule has 9 heteroatoms. The van der Waals surface area contributed by atoms with Gasteiger partial charge >= 0.3 is 0 Å². The quantitative estimate of drug-likeness (QED) is 0.632. The fourth-order valence-corrected chi connectivity index (χ4v) is 5.76. The van der Waals surface area contributed by atoms with Gasteiger partial charge in [-0.1, -0.05) is 6.07 Å².